The Labute approximate surface area is 146 Å². The molecule has 0 aliphatic carbocycles. The lowest BCUT2D eigenvalue weighted by Gasteiger charge is -2.04. The smallest absolute Gasteiger partial charge is 0.257 e. The summed E-state index contributed by atoms with van der Waals surface area (Å²) < 4.78 is 5.25. The minimum absolute atomic E-state index is 0.623. The molecule has 2 aromatic rings. The predicted octanol–water partition coefficient (Wildman–Crippen LogP) is 6.51. The molecule has 1 aromatic carbocycles. The summed E-state index contributed by atoms with van der Waals surface area (Å²) in [7, 11) is 0. The third-order valence-electron chi connectivity index (χ3n) is 4.52. The summed E-state index contributed by atoms with van der Waals surface area (Å²) >= 11 is 0. The van der Waals surface area contributed by atoms with Crippen LogP contribution in [0.5, 0.6) is 0 Å². The fraction of sp³-hybridized carbons (Fsp3) is 0.619. The van der Waals surface area contributed by atoms with Gasteiger partial charge in [0.15, 0.2) is 5.82 Å². The summed E-state index contributed by atoms with van der Waals surface area (Å²) in [5.41, 5.74) is 2.39. The lowest BCUT2D eigenvalue weighted by molar-refractivity contribution is 0.425. The molecule has 1 heterocycles. The van der Waals surface area contributed by atoms with Crippen molar-refractivity contribution in [2.75, 3.05) is 0 Å². The average molecular weight is 329 g/mol. The van der Waals surface area contributed by atoms with E-state index in [4.69, 9.17) is 4.52 Å². The zero-order valence-corrected chi connectivity index (χ0v) is 15.4. The second-order valence-corrected chi connectivity index (χ2v) is 6.78. The highest BCUT2D eigenvalue weighted by molar-refractivity contribution is 5.53. The summed E-state index contributed by atoms with van der Waals surface area (Å²) in [6.45, 7) is 4.12. The summed E-state index contributed by atoms with van der Waals surface area (Å²) in [6, 6.07) is 8.50. The lowest BCUT2D eigenvalue weighted by Crippen LogP contribution is -1.88. The van der Waals surface area contributed by atoms with E-state index in [1.165, 1.54) is 69.8 Å². The number of unbranched alkanes of at least 4 members (excludes halogenated alkanes) is 9. The Morgan fingerprint density at radius 1 is 0.875 bits per heavy atom. The lowest BCUT2D eigenvalue weighted by atomic mass is 10.0. The Morgan fingerprint density at radius 3 is 2.17 bits per heavy atom. The van der Waals surface area contributed by atoms with Crippen LogP contribution >= 0.6 is 0 Å². The Balaban J connectivity index is 1.59. The quantitative estimate of drug-likeness (QED) is 0.417. The van der Waals surface area contributed by atoms with Crippen LogP contribution in [0, 0.1) is 6.92 Å². The number of hydrogen-bond acceptors (Lipinski definition) is 3. The van der Waals surface area contributed by atoms with Crippen molar-refractivity contribution in [3.63, 3.8) is 0 Å². The number of hydrogen-bond donors (Lipinski definition) is 0. The van der Waals surface area contributed by atoms with Crippen molar-refractivity contribution >= 4 is 0 Å². The van der Waals surface area contributed by atoms with Crippen LogP contribution in [0.1, 0.15) is 82.5 Å². The first-order valence-electron chi connectivity index (χ1n) is 9.69. The molecule has 0 spiro atoms. The molecule has 0 aliphatic rings. The summed E-state index contributed by atoms with van der Waals surface area (Å²) in [5.74, 6) is 1.31. The van der Waals surface area contributed by atoms with Crippen LogP contribution in [-0.2, 0) is 6.42 Å². The molecule has 0 radical (unpaired) electrons. The van der Waals surface area contributed by atoms with E-state index in [1.54, 1.807) is 0 Å². The van der Waals surface area contributed by atoms with Crippen molar-refractivity contribution in [3.05, 3.63) is 35.7 Å². The molecule has 0 N–H and O–H groups in total. The second-order valence-electron chi connectivity index (χ2n) is 6.78. The van der Waals surface area contributed by atoms with Crippen LogP contribution in [0.15, 0.2) is 28.8 Å². The summed E-state index contributed by atoms with van der Waals surface area (Å²) in [4.78, 5) is 4.30. The SMILES string of the molecule is CCCCCCCCCCCCc1cccc(-c2nc(C)no2)c1. The highest BCUT2D eigenvalue weighted by Gasteiger charge is 2.06. The first kappa shape index (κ1) is 18.7. The molecule has 0 atom stereocenters. The second kappa shape index (κ2) is 11.0. The minimum atomic E-state index is 0.623. The van der Waals surface area contributed by atoms with Gasteiger partial charge < -0.3 is 4.52 Å². The van der Waals surface area contributed by atoms with Crippen molar-refractivity contribution in [3.8, 4) is 11.5 Å². The van der Waals surface area contributed by atoms with Gasteiger partial charge in [-0.1, -0.05) is 82.0 Å². The largest absolute Gasteiger partial charge is 0.334 e. The molecule has 3 nitrogen and oxygen atoms in total. The topological polar surface area (TPSA) is 38.9 Å². The number of nitrogens with zero attached hydrogens (tertiary/aromatic N) is 2. The Bertz CT molecular complexity index is 577. The van der Waals surface area contributed by atoms with E-state index < -0.39 is 0 Å². The van der Waals surface area contributed by atoms with Crippen LogP contribution in [0.4, 0.5) is 0 Å². The van der Waals surface area contributed by atoms with Gasteiger partial charge in [0.05, 0.1) is 0 Å². The summed E-state index contributed by atoms with van der Waals surface area (Å²) in [6.07, 6.45) is 14.9. The molecule has 0 bridgehead atoms. The Kier molecular flexibility index (Phi) is 8.58. The third-order valence-corrected chi connectivity index (χ3v) is 4.52. The van der Waals surface area contributed by atoms with Gasteiger partial charge >= 0.3 is 0 Å². The molecule has 0 unspecified atom stereocenters. The molecule has 2 rings (SSSR count). The van der Waals surface area contributed by atoms with Gasteiger partial charge in [-0.3, -0.25) is 0 Å². The van der Waals surface area contributed by atoms with E-state index in [1.807, 2.05) is 13.0 Å². The molecule has 0 amide bonds. The zero-order chi connectivity index (χ0) is 17.0. The number of rotatable bonds is 12. The maximum Gasteiger partial charge on any atom is 0.257 e. The maximum atomic E-state index is 5.25. The van der Waals surface area contributed by atoms with Gasteiger partial charge in [-0.2, -0.15) is 4.98 Å². The predicted molar refractivity (Wildman–Crippen MR) is 100 cm³/mol. The number of benzene rings is 1. The van der Waals surface area contributed by atoms with Gasteiger partial charge in [0, 0.05) is 5.56 Å². The third kappa shape index (κ3) is 6.86. The Morgan fingerprint density at radius 2 is 1.54 bits per heavy atom. The maximum absolute atomic E-state index is 5.25. The molecule has 0 aliphatic heterocycles. The van der Waals surface area contributed by atoms with Crippen molar-refractivity contribution in [2.24, 2.45) is 0 Å². The van der Waals surface area contributed by atoms with Gasteiger partial charge in [-0.25, -0.2) is 0 Å². The highest BCUT2D eigenvalue weighted by Crippen LogP contribution is 2.20. The monoisotopic (exact) mass is 328 g/mol. The highest BCUT2D eigenvalue weighted by atomic mass is 16.5. The molecular weight excluding hydrogens is 296 g/mol. The molecule has 0 fully saturated rings. The van der Waals surface area contributed by atoms with E-state index in [0.29, 0.717) is 11.7 Å². The van der Waals surface area contributed by atoms with Gasteiger partial charge in [0.1, 0.15) is 0 Å². The summed E-state index contributed by atoms with van der Waals surface area (Å²) in [5, 5.41) is 3.86. The molecule has 0 saturated heterocycles. The standard InChI is InChI=1S/C21H32N2O/c1-3-4-5-6-7-8-9-10-11-12-14-19-15-13-16-20(17-19)21-22-18(2)23-24-21/h13,15-17H,3-12,14H2,1-2H3. The van der Waals surface area contributed by atoms with Crippen LogP contribution < -0.4 is 0 Å². The van der Waals surface area contributed by atoms with E-state index in [2.05, 4.69) is 35.3 Å². The van der Waals surface area contributed by atoms with Gasteiger partial charge in [0.2, 0.25) is 0 Å². The van der Waals surface area contributed by atoms with Crippen molar-refractivity contribution in [2.45, 2.75) is 84.5 Å². The van der Waals surface area contributed by atoms with E-state index in [0.717, 1.165) is 12.0 Å². The Hall–Kier alpha value is -1.64. The van der Waals surface area contributed by atoms with Crippen LogP contribution in [-0.4, -0.2) is 10.1 Å². The van der Waals surface area contributed by atoms with E-state index in [9.17, 15) is 0 Å². The fourth-order valence-corrected chi connectivity index (χ4v) is 3.09. The van der Waals surface area contributed by atoms with Crippen LogP contribution in [0.3, 0.4) is 0 Å². The van der Waals surface area contributed by atoms with E-state index >= 15 is 0 Å². The molecule has 132 valence electrons. The van der Waals surface area contributed by atoms with Gasteiger partial charge in [-0.05, 0) is 37.5 Å². The van der Waals surface area contributed by atoms with Crippen molar-refractivity contribution in [1.29, 1.82) is 0 Å². The molecule has 0 saturated carbocycles. The van der Waals surface area contributed by atoms with Crippen LogP contribution in [0.25, 0.3) is 11.5 Å². The zero-order valence-electron chi connectivity index (χ0n) is 15.4. The van der Waals surface area contributed by atoms with Gasteiger partial charge in [0.25, 0.3) is 5.89 Å². The first-order valence-corrected chi connectivity index (χ1v) is 9.69. The van der Waals surface area contributed by atoms with Crippen molar-refractivity contribution in [1.82, 2.24) is 10.1 Å². The molecule has 24 heavy (non-hydrogen) atoms. The average Bonchev–Trinajstić information content (AvgIpc) is 3.03. The minimum Gasteiger partial charge on any atom is -0.334 e. The van der Waals surface area contributed by atoms with E-state index in [-0.39, 0.29) is 0 Å². The normalized spacial score (nSPS) is 11.1. The molecular formula is C21H32N2O. The number of aromatic nitrogens is 2. The van der Waals surface area contributed by atoms with Gasteiger partial charge in [-0.15, -0.1) is 0 Å². The van der Waals surface area contributed by atoms with Crippen LogP contribution in [0.2, 0.25) is 0 Å². The fourth-order valence-electron chi connectivity index (χ4n) is 3.09. The molecule has 1 aromatic heterocycles. The first-order chi connectivity index (χ1) is 11.8. The molecule has 3 heteroatoms. The van der Waals surface area contributed by atoms with Crippen molar-refractivity contribution < 1.29 is 4.52 Å². The number of aryl methyl sites for hydroxylation is 2.